The van der Waals surface area contributed by atoms with Gasteiger partial charge >= 0.3 is 0 Å². The second kappa shape index (κ2) is 10.7. The van der Waals surface area contributed by atoms with E-state index in [0.717, 1.165) is 16.9 Å². The molecule has 0 aliphatic heterocycles. The molecule has 1 amide bonds. The van der Waals surface area contributed by atoms with Crippen molar-refractivity contribution < 1.29 is 9.53 Å². The van der Waals surface area contributed by atoms with Crippen LogP contribution in [0.3, 0.4) is 0 Å². The zero-order valence-corrected chi connectivity index (χ0v) is 15.8. The Morgan fingerprint density at radius 2 is 1.64 bits per heavy atom. The highest BCUT2D eigenvalue weighted by Crippen LogP contribution is 2.14. The molecular weight excluding hydrogens is 336 g/mol. The first-order valence-corrected chi connectivity index (χ1v) is 8.31. The number of likely N-dealkylation sites (N-methyl/N-ethyl adjacent to an activating group) is 1. The van der Waals surface area contributed by atoms with E-state index in [1.165, 1.54) is 0 Å². The van der Waals surface area contributed by atoms with Crippen LogP contribution in [0.2, 0.25) is 0 Å². The largest absolute Gasteiger partial charge is 0.489 e. The number of benzene rings is 2. The van der Waals surface area contributed by atoms with Gasteiger partial charge in [-0.3, -0.25) is 4.79 Å². The molecule has 2 aromatic rings. The zero-order valence-electron chi connectivity index (χ0n) is 15.0. The lowest BCUT2D eigenvalue weighted by atomic mass is 10.0. The van der Waals surface area contributed by atoms with Crippen molar-refractivity contribution in [3.05, 3.63) is 65.7 Å². The molecule has 4 nitrogen and oxygen atoms in total. The molecule has 0 bridgehead atoms. The third-order valence-corrected chi connectivity index (χ3v) is 3.89. The fourth-order valence-corrected chi connectivity index (χ4v) is 2.46. The van der Waals surface area contributed by atoms with E-state index in [9.17, 15) is 4.79 Å². The number of rotatable bonds is 8. The number of halogens is 1. The van der Waals surface area contributed by atoms with Gasteiger partial charge in [0.05, 0.1) is 6.04 Å². The van der Waals surface area contributed by atoms with Gasteiger partial charge < -0.3 is 15.4 Å². The van der Waals surface area contributed by atoms with Gasteiger partial charge in [0.15, 0.2) is 0 Å². The highest BCUT2D eigenvalue weighted by molar-refractivity contribution is 5.85. The summed E-state index contributed by atoms with van der Waals surface area (Å²) >= 11 is 0. The number of amides is 1. The Balaban J connectivity index is 0.00000312. The summed E-state index contributed by atoms with van der Waals surface area (Å²) in [6.45, 7) is 5.28. The Morgan fingerprint density at radius 3 is 2.20 bits per heavy atom. The van der Waals surface area contributed by atoms with E-state index in [1.807, 2.05) is 68.4 Å². The van der Waals surface area contributed by atoms with Gasteiger partial charge in [0.25, 0.3) is 0 Å². The molecule has 2 aromatic carbocycles. The van der Waals surface area contributed by atoms with E-state index >= 15 is 0 Å². The lowest BCUT2D eigenvalue weighted by molar-refractivity contribution is -0.123. The molecule has 0 aliphatic rings. The molecule has 0 fully saturated rings. The third-order valence-electron chi connectivity index (χ3n) is 3.89. The van der Waals surface area contributed by atoms with Crippen LogP contribution in [0.4, 0.5) is 0 Å². The Kier molecular flexibility index (Phi) is 9.03. The number of hydrogen-bond donors (Lipinski definition) is 2. The van der Waals surface area contributed by atoms with Gasteiger partial charge in [0.1, 0.15) is 12.4 Å². The third kappa shape index (κ3) is 6.77. The van der Waals surface area contributed by atoms with Crippen LogP contribution in [0.15, 0.2) is 54.6 Å². The van der Waals surface area contributed by atoms with Crippen LogP contribution in [0, 0.1) is 5.92 Å². The zero-order chi connectivity index (χ0) is 17.4. The van der Waals surface area contributed by atoms with Crippen molar-refractivity contribution in [1.29, 1.82) is 0 Å². The summed E-state index contributed by atoms with van der Waals surface area (Å²) in [4.78, 5) is 11.9. The van der Waals surface area contributed by atoms with Crippen LogP contribution >= 0.6 is 12.4 Å². The minimum absolute atomic E-state index is 0. The van der Waals surface area contributed by atoms with E-state index in [1.54, 1.807) is 7.05 Å². The van der Waals surface area contributed by atoms with E-state index in [-0.39, 0.29) is 30.3 Å². The molecule has 136 valence electrons. The smallest absolute Gasteiger partial charge is 0.237 e. The van der Waals surface area contributed by atoms with E-state index in [4.69, 9.17) is 4.74 Å². The maximum atomic E-state index is 11.9. The quantitative estimate of drug-likeness (QED) is 0.755. The predicted molar refractivity (Wildman–Crippen MR) is 104 cm³/mol. The van der Waals surface area contributed by atoms with E-state index in [0.29, 0.717) is 13.2 Å². The Labute approximate surface area is 156 Å². The molecular formula is C20H27ClN2O2. The summed E-state index contributed by atoms with van der Waals surface area (Å²) < 4.78 is 5.78. The second-order valence-electron chi connectivity index (χ2n) is 6.14. The van der Waals surface area contributed by atoms with Gasteiger partial charge in [0, 0.05) is 13.6 Å². The average molecular weight is 363 g/mol. The minimum atomic E-state index is -0.191. The van der Waals surface area contributed by atoms with Gasteiger partial charge in [-0.15, -0.1) is 12.4 Å². The topological polar surface area (TPSA) is 50.4 Å². The first kappa shape index (κ1) is 21.0. The van der Waals surface area contributed by atoms with Crippen molar-refractivity contribution in [3.8, 4) is 5.75 Å². The summed E-state index contributed by atoms with van der Waals surface area (Å²) in [5.41, 5.74) is 2.27. The van der Waals surface area contributed by atoms with Crippen LogP contribution in [0.1, 0.15) is 25.0 Å². The maximum Gasteiger partial charge on any atom is 0.237 e. The molecule has 0 aliphatic carbocycles. The van der Waals surface area contributed by atoms with Crippen LogP contribution in [-0.2, 0) is 17.9 Å². The van der Waals surface area contributed by atoms with Gasteiger partial charge in [0.2, 0.25) is 5.91 Å². The molecule has 1 atom stereocenters. The SMILES string of the molecule is CNC(=O)[C@H](NCc1ccc(OCc2ccccc2)cc1)C(C)C.Cl. The second-order valence-corrected chi connectivity index (χ2v) is 6.14. The van der Waals surface area contributed by atoms with Crippen LogP contribution < -0.4 is 15.4 Å². The van der Waals surface area contributed by atoms with Crippen molar-refractivity contribution in [2.45, 2.75) is 33.0 Å². The predicted octanol–water partition coefficient (Wildman–Crippen LogP) is 3.55. The van der Waals surface area contributed by atoms with Crippen LogP contribution in [0.25, 0.3) is 0 Å². The lowest BCUT2D eigenvalue weighted by Gasteiger charge is -2.20. The first-order chi connectivity index (χ1) is 11.6. The molecule has 25 heavy (non-hydrogen) atoms. The van der Waals surface area contributed by atoms with E-state index in [2.05, 4.69) is 10.6 Å². The van der Waals surface area contributed by atoms with Crippen molar-refractivity contribution in [2.75, 3.05) is 7.05 Å². The Morgan fingerprint density at radius 1 is 1.00 bits per heavy atom. The van der Waals surface area contributed by atoms with E-state index < -0.39 is 0 Å². The number of hydrogen-bond acceptors (Lipinski definition) is 3. The maximum absolute atomic E-state index is 11.9. The van der Waals surface area contributed by atoms with Crippen LogP contribution in [-0.4, -0.2) is 19.0 Å². The number of carbonyl (C=O) groups is 1. The number of nitrogens with one attached hydrogen (secondary N) is 2. The highest BCUT2D eigenvalue weighted by Gasteiger charge is 2.19. The number of carbonyl (C=O) groups excluding carboxylic acids is 1. The fourth-order valence-electron chi connectivity index (χ4n) is 2.46. The van der Waals surface area contributed by atoms with Crippen molar-refractivity contribution in [3.63, 3.8) is 0 Å². The monoisotopic (exact) mass is 362 g/mol. The molecule has 0 heterocycles. The Hall–Kier alpha value is -2.04. The summed E-state index contributed by atoms with van der Waals surface area (Å²) in [6, 6.07) is 17.9. The first-order valence-electron chi connectivity index (χ1n) is 8.31. The molecule has 0 saturated heterocycles. The summed E-state index contributed by atoms with van der Waals surface area (Å²) in [5.74, 6) is 1.10. The Bertz CT molecular complexity index is 630. The van der Waals surface area contributed by atoms with Crippen molar-refractivity contribution >= 4 is 18.3 Å². The molecule has 0 spiro atoms. The van der Waals surface area contributed by atoms with Gasteiger partial charge in [-0.05, 0) is 29.2 Å². The highest BCUT2D eigenvalue weighted by atomic mass is 35.5. The molecule has 2 rings (SSSR count). The standard InChI is InChI=1S/C20H26N2O2.ClH/c1-15(2)19(20(23)21-3)22-13-16-9-11-18(12-10-16)24-14-17-7-5-4-6-8-17;/h4-12,15,19,22H,13-14H2,1-3H3,(H,21,23);1H/t19-;/m1./s1. The normalized spacial score (nSPS) is 11.5. The summed E-state index contributed by atoms with van der Waals surface area (Å²) in [5, 5.41) is 6.01. The molecule has 0 radical (unpaired) electrons. The lowest BCUT2D eigenvalue weighted by Crippen LogP contribution is -2.45. The summed E-state index contributed by atoms with van der Waals surface area (Å²) in [7, 11) is 1.66. The average Bonchev–Trinajstić information content (AvgIpc) is 2.61. The summed E-state index contributed by atoms with van der Waals surface area (Å²) in [6.07, 6.45) is 0. The van der Waals surface area contributed by atoms with Gasteiger partial charge in [-0.25, -0.2) is 0 Å². The molecule has 5 heteroatoms. The van der Waals surface area contributed by atoms with Crippen LogP contribution in [0.5, 0.6) is 5.75 Å². The molecule has 0 unspecified atom stereocenters. The fraction of sp³-hybridized carbons (Fsp3) is 0.350. The molecule has 0 aromatic heterocycles. The van der Waals surface area contributed by atoms with Crippen molar-refractivity contribution in [2.24, 2.45) is 5.92 Å². The molecule has 0 saturated carbocycles. The molecule has 2 N–H and O–H groups in total. The van der Waals surface area contributed by atoms with Gasteiger partial charge in [-0.1, -0.05) is 56.3 Å². The van der Waals surface area contributed by atoms with Crippen molar-refractivity contribution in [1.82, 2.24) is 10.6 Å². The minimum Gasteiger partial charge on any atom is -0.489 e. The van der Waals surface area contributed by atoms with Gasteiger partial charge in [-0.2, -0.15) is 0 Å². The number of ether oxygens (including phenoxy) is 1.